The van der Waals surface area contributed by atoms with Gasteiger partial charge in [0.2, 0.25) is 0 Å². The predicted molar refractivity (Wildman–Crippen MR) is 98.7 cm³/mol. The lowest BCUT2D eigenvalue weighted by atomic mass is 9.86. The normalized spacial score (nSPS) is 17.6. The lowest BCUT2D eigenvalue weighted by molar-refractivity contribution is 0.145. The fourth-order valence-electron chi connectivity index (χ4n) is 3.26. The van der Waals surface area contributed by atoms with E-state index in [4.69, 9.17) is 0 Å². The van der Waals surface area contributed by atoms with Gasteiger partial charge in [-0.2, -0.15) is 0 Å². The maximum Gasteiger partial charge on any atom is 0.176 e. The van der Waals surface area contributed by atoms with Gasteiger partial charge >= 0.3 is 0 Å². The average molecular weight is 319 g/mol. The summed E-state index contributed by atoms with van der Waals surface area (Å²) in [5.74, 6) is 6.41. The van der Waals surface area contributed by atoms with E-state index in [-0.39, 0.29) is 0 Å². The molecule has 0 radical (unpaired) electrons. The van der Waals surface area contributed by atoms with Crippen LogP contribution in [0.1, 0.15) is 36.0 Å². The Balaban J connectivity index is 1.91. The summed E-state index contributed by atoms with van der Waals surface area (Å²) in [7, 11) is 0. The van der Waals surface area contributed by atoms with Gasteiger partial charge in [0.05, 0.1) is 6.54 Å². The molecule has 1 aliphatic rings. The van der Waals surface area contributed by atoms with Crippen molar-refractivity contribution in [3.63, 3.8) is 0 Å². The summed E-state index contributed by atoms with van der Waals surface area (Å²) in [6.07, 6.45) is 3.83. The summed E-state index contributed by atoms with van der Waals surface area (Å²) >= 11 is 0. The van der Waals surface area contributed by atoms with Crippen LogP contribution >= 0.6 is 0 Å². The number of hydrogen-bond acceptors (Lipinski definition) is 2. The van der Waals surface area contributed by atoms with Crippen LogP contribution in [0.5, 0.6) is 0 Å². The molecule has 1 atom stereocenters. The van der Waals surface area contributed by atoms with Gasteiger partial charge in [-0.25, -0.2) is 0 Å². The number of aryl methyl sites for hydroxylation is 1. The van der Waals surface area contributed by atoms with E-state index in [9.17, 15) is 5.11 Å². The minimum absolute atomic E-state index is 0.723. The topological polar surface area (TPSA) is 23.5 Å². The van der Waals surface area contributed by atoms with Crippen molar-refractivity contribution in [3.05, 3.63) is 71.3 Å². The van der Waals surface area contributed by atoms with E-state index >= 15 is 0 Å². The van der Waals surface area contributed by atoms with Gasteiger partial charge in [0.1, 0.15) is 0 Å². The molecule has 0 saturated carbocycles. The van der Waals surface area contributed by atoms with Gasteiger partial charge in [-0.05, 0) is 32.9 Å². The third-order valence-corrected chi connectivity index (χ3v) is 4.65. The van der Waals surface area contributed by atoms with Gasteiger partial charge in [0.25, 0.3) is 0 Å². The van der Waals surface area contributed by atoms with Crippen LogP contribution in [0, 0.1) is 18.8 Å². The highest BCUT2D eigenvalue weighted by atomic mass is 16.3. The first-order chi connectivity index (χ1) is 11.7. The van der Waals surface area contributed by atoms with Crippen LogP contribution in [0.2, 0.25) is 0 Å². The van der Waals surface area contributed by atoms with E-state index in [0.29, 0.717) is 0 Å². The largest absolute Gasteiger partial charge is 0.369 e. The van der Waals surface area contributed by atoms with Crippen molar-refractivity contribution < 1.29 is 5.11 Å². The second-order valence-electron chi connectivity index (χ2n) is 6.58. The summed E-state index contributed by atoms with van der Waals surface area (Å²) in [5.41, 5.74) is 1.52. The highest BCUT2D eigenvalue weighted by molar-refractivity contribution is 5.45. The lowest BCUT2D eigenvalue weighted by Crippen LogP contribution is -2.31. The highest BCUT2D eigenvalue weighted by Gasteiger charge is 2.29. The van der Waals surface area contributed by atoms with E-state index < -0.39 is 5.60 Å². The van der Waals surface area contributed by atoms with Crippen LogP contribution in [0.4, 0.5) is 0 Å². The van der Waals surface area contributed by atoms with Gasteiger partial charge in [0, 0.05) is 11.1 Å². The summed E-state index contributed by atoms with van der Waals surface area (Å²) < 4.78 is 0. The fourth-order valence-corrected chi connectivity index (χ4v) is 3.26. The van der Waals surface area contributed by atoms with Crippen molar-refractivity contribution in [2.75, 3.05) is 19.6 Å². The molecule has 2 nitrogen and oxygen atoms in total. The summed E-state index contributed by atoms with van der Waals surface area (Å²) in [4.78, 5) is 2.37. The maximum atomic E-state index is 11.4. The highest BCUT2D eigenvalue weighted by Crippen LogP contribution is 2.29. The number of nitrogens with zero attached hydrogens (tertiary/aromatic N) is 1. The monoisotopic (exact) mass is 319 g/mol. The molecule has 124 valence electrons. The molecular weight excluding hydrogens is 294 g/mol. The fraction of sp³-hybridized carbons (Fsp3) is 0.364. The van der Waals surface area contributed by atoms with Gasteiger partial charge in [-0.1, -0.05) is 78.4 Å². The number of piperidine rings is 1. The first kappa shape index (κ1) is 16.8. The van der Waals surface area contributed by atoms with Gasteiger partial charge in [-0.3, -0.25) is 4.90 Å². The molecule has 0 amide bonds. The molecule has 2 aromatic carbocycles. The van der Waals surface area contributed by atoms with Crippen LogP contribution in [0.25, 0.3) is 0 Å². The van der Waals surface area contributed by atoms with Crippen LogP contribution in [0.3, 0.4) is 0 Å². The molecule has 1 aliphatic heterocycles. The molecule has 2 aromatic rings. The number of likely N-dealkylation sites (tertiary alicyclic amines) is 1. The Morgan fingerprint density at radius 3 is 2.38 bits per heavy atom. The Morgan fingerprint density at radius 2 is 1.67 bits per heavy atom. The van der Waals surface area contributed by atoms with Gasteiger partial charge in [0.15, 0.2) is 5.60 Å². The zero-order valence-corrected chi connectivity index (χ0v) is 14.3. The smallest absolute Gasteiger partial charge is 0.176 e. The van der Waals surface area contributed by atoms with Crippen molar-refractivity contribution in [1.29, 1.82) is 0 Å². The van der Waals surface area contributed by atoms with E-state index in [1.807, 2.05) is 61.5 Å². The average Bonchev–Trinajstić information content (AvgIpc) is 2.63. The van der Waals surface area contributed by atoms with E-state index in [2.05, 4.69) is 16.7 Å². The molecule has 24 heavy (non-hydrogen) atoms. The van der Waals surface area contributed by atoms with Gasteiger partial charge in [-0.15, -0.1) is 0 Å². The maximum absolute atomic E-state index is 11.4. The molecular formula is C22H25NO. The number of hydrogen-bond donors (Lipinski definition) is 1. The lowest BCUT2D eigenvalue weighted by Gasteiger charge is -2.26. The van der Waals surface area contributed by atoms with Gasteiger partial charge < -0.3 is 5.11 Å². The molecule has 1 fully saturated rings. The Morgan fingerprint density at radius 1 is 0.958 bits per heavy atom. The minimum Gasteiger partial charge on any atom is -0.369 e. The second-order valence-corrected chi connectivity index (χ2v) is 6.58. The van der Waals surface area contributed by atoms with E-state index in [0.717, 1.165) is 36.3 Å². The molecule has 0 aliphatic carbocycles. The standard InChI is InChI=1S/C22H25NO/c1-19-10-8-13-21(18-19)22(24,20-11-4-2-5-12-20)14-9-17-23-15-6-3-7-16-23/h2,4-5,8,10-13,18,24H,3,6-7,15-17H2,1H3. The molecule has 3 rings (SSSR count). The zero-order chi connectivity index (χ0) is 16.8. The Labute approximate surface area is 145 Å². The minimum atomic E-state index is -1.26. The van der Waals surface area contributed by atoms with Crippen molar-refractivity contribution in [3.8, 4) is 11.8 Å². The summed E-state index contributed by atoms with van der Waals surface area (Å²) in [6, 6.07) is 17.7. The van der Waals surface area contributed by atoms with Crippen molar-refractivity contribution in [2.24, 2.45) is 0 Å². The van der Waals surface area contributed by atoms with Crippen molar-refractivity contribution in [1.82, 2.24) is 4.90 Å². The Bertz CT molecular complexity index is 722. The van der Waals surface area contributed by atoms with Crippen LogP contribution < -0.4 is 0 Å². The van der Waals surface area contributed by atoms with Crippen LogP contribution in [-0.2, 0) is 5.60 Å². The SMILES string of the molecule is Cc1cccc(C(O)(C#CCN2CCCCC2)c2ccccc2)c1. The number of aliphatic hydroxyl groups is 1. The predicted octanol–water partition coefficient (Wildman–Crippen LogP) is 3.72. The molecule has 1 unspecified atom stereocenters. The second kappa shape index (κ2) is 7.66. The third kappa shape index (κ3) is 3.87. The van der Waals surface area contributed by atoms with Crippen molar-refractivity contribution in [2.45, 2.75) is 31.8 Å². The number of rotatable bonds is 3. The molecule has 0 spiro atoms. The number of benzene rings is 2. The molecule has 1 N–H and O–H groups in total. The first-order valence-corrected chi connectivity index (χ1v) is 8.76. The van der Waals surface area contributed by atoms with Crippen LogP contribution in [0.15, 0.2) is 54.6 Å². The zero-order valence-electron chi connectivity index (χ0n) is 14.3. The van der Waals surface area contributed by atoms with E-state index in [1.165, 1.54) is 19.3 Å². The Hall–Kier alpha value is -2.08. The molecule has 1 heterocycles. The molecule has 0 aromatic heterocycles. The Kier molecular flexibility index (Phi) is 5.35. The van der Waals surface area contributed by atoms with E-state index in [1.54, 1.807) is 0 Å². The quantitative estimate of drug-likeness (QED) is 0.872. The molecule has 2 heteroatoms. The molecule has 0 bridgehead atoms. The third-order valence-electron chi connectivity index (χ3n) is 4.65. The summed E-state index contributed by atoms with van der Waals surface area (Å²) in [5, 5.41) is 11.4. The van der Waals surface area contributed by atoms with Crippen molar-refractivity contribution >= 4 is 0 Å². The first-order valence-electron chi connectivity index (χ1n) is 8.76. The summed E-state index contributed by atoms with van der Waals surface area (Å²) in [6.45, 7) is 4.99. The molecule has 1 saturated heterocycles. The van der Waals surface area contributed by atoms with Crippen LogP contribution in [-0.4, -0.2) is 29.6 Å².